The van der Waals surface area contributed by atoms with E-state index in [0.29, 0.717) is 65.6 Å². The first-order valence-corrected chi connectivity index (χ1v) is 34.1. The molecule has 0 aromatic heterocycles. The monoisotopic (exact) mass is 1220 g/mol. The van der Waals surface area contributed by atoms with Crippen LogP contribution in [0.15, 0.2) is 94.5 Å². The molecule has 4 aliphatic heterocycles. The van der Waals surface area contributed by atoms with Gasteiger partial charge in [0, 0.05) is 68.2 Å². The Bertz CT molecular complexity index is 2360. The van der Waals surface area contributed by atoms with Gasteiger partial charge in [-0.2, -0.15) is 0 Å². The van der Waals surface area contributed by atoms with Crippen LogP contribution in [-0.4, -0.2) is 27.2 Å². The van der Waals surface area contributed by atoms with Crippen LogP contribution in [0.2, 0.25) is 0 Å². The molecule has 0 unspecified atom stereocenters. The molecule has 0 fully saturated rings. The molecular weight excluding hydrogens is 1120 g/mol. The smallest absolute Gasteiger partial charge is 0.231 e. The van der Waals surface area contributed by atoms with E-state index in [2.05, 4.69) is 50.6 Å². The maximum absolute atomic E-state index is 6.85. The van der Waals surface area contributed by atoms with Gasteiger partial charge in [-0.3, -0.25) is 0 Å². The third-order valence-corrected chi connectivity index (χ3v) is 19.9. The Morgan fingerprint density at radius 2 is 0.417 bits per heavy atom. The summed E-state index contributed by atoms with van der Waals surface area (Å²) in [6.45, 7) is 15.6. The molecule has 8 bridgehead atoms. The van der Waals surface area contributed by atoms with Crippen molar-refractivity contribution < 1.29 is 37.9 Å². The summed E-state index contributed by atoms with van der Waals surface area (Å²) >= 11 is 21.9. The molecule has 4 aromatic rings. The third kappa shape index (κ3) is 15.5. The Morgan fingerprint density at radius 1 is 0.262 bits per heavy atom. The molecule has 84 heavy (non-hydrogen) atoms. The van der Waals surface area contributed by atoms with Crippen LogP contribution in [0.3, 0.4) is 0 Å². The minimum Gasteiger partial charge on any atom is -0.456 e. The molecule has 0 N–H and O–H groups in total. The molecule has 456 valence electrons. The maximum atomic E-state index is 6.85. The van der Waals surface area contributed by atoms with Crippen molar-refractivity contribution in [2.45, 2.75) is 249 Å². The standard InChI is InChI=1S/C72H96O8S4/c1-5-9-13-17-21-25-29-33-37-49-53-41-55-50(38-34-30-26-22-18-14-10-6-2)57-43-59-52(40-36-32-28-24-20-16-12-8-4)60-44-58-51(39-35-31-27-23-19-15-11-7-3)56-42-54(49)62-70(82)64(56)76-47-78-66(58)72(84)68(60)80-48-79-67(59)71(83)65(57)77-46-75-63(55)69(81)61(53)73-45-74-62/h5-8,41-44,49-52,81-84H,1-4,9-40,45-48H2. The fraction of sp³-hybridized carbons (Fsp3) is 0.556. The van der Waals surface area contributed by atoms with Gasteiger partial charge in [0.1, 0.15) is 46.0 Å². The molecule has 4 heterocycles. The van der Waals surface area contributed by atoms with Crippen molar-refractivity contribution in [1.82, 2.24) is 0 Å². The van der Waals surface area contributed by atoms with Gasteiger partial charge in [0.15, 0.2) is 0 Å². The summed E-state index contributed by atoms with van der Waals surface area (Å²) in [7, 11) is 0. The van der Waals surface area contributed by atoms with Crippen LogP contribution in [0, 0.1) is 0 Å². The largest absolute Gasteiger partial charge is 0.456 e. The zero-order valence-corrected chi connectivity index (χ0v) is 53.8. The summed E-state index contributed by atoms with van der Waals surface area (Å²) in [6, 6.07) is 9.68. The first-order valence-electron chi connectivity index (χ1n) is 32.4. The topological polar surface area (TPSA) is 73.8 Å². The van der Waals surface area contributed by atoms with E-state index in [9.17, 15) is 0 Å². The van der Waals surface area contributed by atoms with Gasteiger partial charge in [-0.15, -0.1) is 76.8 Å². The Balaban J connectivity index is 1.27. The highest BCUT2D eigenvalue weighted by Gasteiger charge is 2.40. The second-order valence-corrected chi connectivity index (χ2v) is 25.8. The van der Waals surface area contributed by atoms with Crippen molar-refractivity contribution in [3.05, 3.63) is 119 Å². The summed E-state index contributed by atoms with van der Waals surface area (Å²) in [5.41, 5.74) is 8.68. The van der Waals surface area contributed by atoms with Crippen molar-refractivity contribution in [3.8, 4) is 46.0 Å². The molecule has 1 aliphatic carbocycles. The fourth-order valence-electron chi connectivity index (χ4n) is 13.9. The average Bonchev–Trinajstić information content (AvgIpc) is 1.08. The summed E-state index contributed by atoms with van der Waals surface area (Å²) in [4.78, 5) is 2.64. The number of hydrogen-bond acceptors (Lipinski definition) is 12. The summed E-state index contributed by atoms with van der Waals surface area (Å²) in [5, 5.41) is 0. The van der Waals surface area contributed by atoms with Crippen LogP contribution < -0.4 is 37.9 Å². The number of rotatable bonds is 36. The van der Waals surface area contributed by atoms with E-state index >= 15 is 0 Å². The first-order chi connectivity index (χ1) is 41.3. The van der Waals surface area contributed by atoms with E-state index < -0.39 is 0 Å². The van der Waals surface area contributed by atoms with E-state index in [-0.39, 0.29) is 50.8 Å². The van der Waals surface area contributed by atoms with E-state index in [1.165, 1.54) is 103 Å². The predicted molar refractivity (Wildman–Crippen MR) is 355 cm³/mol. The second kappa shape index (κ2) is 33.1. The number of allylic oxidation sites excluding steroid dienone is 4. The molecule has 9 rings (SSSR count). The Hall–Kier alpha value is -4.36. The van der Waals surface area contributed by atoms with Crippen LogP contribution in [-0.2, 0) is 0 Å². The van der Waals surface area contributed by atoms with Gasteiger partial charge in [-0.05, 0) is 101 Å². The molecule has 0 spiro atoms. The normalized spacial score (nSPS) is 17.7. The van der Waals surface area contributed by atoms with Crippen molar-refractivity contribution in [1.29, 1.82) is 0 Å². The highest BCUT2D eigenvalue weighted by molar-refractivity contribution is 7.81. The molecule has 0 saturated heterocycles. The lowest BCUT2D eigenvalue weighted by atomic mass is 9.76. The number of thiol groups is 4. The fourth-order valence-corrected chi connectivity index (χ4v) is 15.4. The Kier molecular flexibility index (Phi) is 25.3. The van der Waals surface area contributed by atoms with Crippen molar-refractivity contribution in [3.63, 3.8) is 0 Å². The zero-order valence-electron chi connectivity index (χ0n) is 50.3. The van der Waals surface area contributed by atoms with Gasteiger partial charge in [0.2, 0.25) is 27.2 Å². The van der Waals surface area contributed by atoms with Crippen molar-refractivity contribution in [2.75, 3.05) is 27.2 Å². The predicted octanol–water partition coefficient (Wildman–Crippen LogP) is 21.8. The van der Waals surface area contributed by atoms with Crippen LogP contribution in [0.1, 0.15) is 274 Å². The molecule has 8 nitrogen and oxygen atoms in total. The van der Waals surface area contributed by atoms with Crippen molar-refractivity contribution in [2.24, 2.45) is 0 Å². The molecule has 4 aromatic carbocycles. The molecule has 12 heteroatoms. The number of ether oxygens (including phenoxy) is 8. The number of unbranched alkanes of at least 4 members (excludes halogenated alkanes) is 24. The van der Waals surface area contributed by atoms with E-state index in [0.717, 1.165) is 147 Å². The average molecular weight is 1220 g/mol. The minimum absolute atomic E-state index is 0.0533. The number of hydrogen-bond donors (Lipinski definition) is 4. The molecular formula is C72H96O8S4. The van der Waals surface area contributed by atoms with Crippen LogP contribution >= 0.6 is 50.5 Å². The highest BCUT2D eigenvalue weighted by Crippen LogP contribution is 2.60. The SMILES string of the molecule is C=CCCCCCCCCC1c2cc3c4c(S)c2OCOc2c1cc1c(c2S)OCOc2c(cc5c(c2S)OCOc2c(cc(c(c2S)OCO4)C3CCCCCCCCC=C)C5CCCCCCCCC=C)C1CCCCCCCCC=C. The van der Waals surface area contributed by atoms with E-state index in [4.69, 9.17) is 88.4 Å². The van der Waals surface area contributed by atoms with E-state index in [1.807, 2.05) is 24.3 Å². The molecule has 0 amide bonds. The summed E-state index contributed by atoms with van der Waals surface area (Å²) in [6.07, 6.45) is 43.3. The number of benzene rings is 4. The molecule has 0 radical (unpaired) electrons. The van der Waals surface area contributed by atoms with Gasteiger partial charge in [0.25, 0.3) is 0 Å². The van der Waals surface area contributed by atoms with Crippen LogP contribution in [0.4, 0.5) is 0 Å². The zero-order chi connectivity index (χ0) is 58.6. The van der Waals surface area contributed by atoms with E-state index in [1.54, 1.807) is 0 Å². The Labute approximate surface area is 526 Å². The Morgan fingerprint density at radius 3 is 0.583 bits per heavy atom. The van der Waals surface area contributed by atoms with Crippen LogP contribution in [0.25, 0.3) is 0 Å². The van der Waals surface area contributed by atoms with Gasteiger partial charge in [-0.25, -0.2) is 0 Å². The van der Waals surface area contributed by atoms with Gasteiger partial charge >= 0.3 is 0 Å². The quantitative estimate of drug-likeness (QED) is 0.0204. The maximum Gasteiger partial charge on any atom is 0.231 e. The molecule has 0 atom stereocenters. The van der Waals surface area contributed by atoms with Gasteiger partial charge in [0.05, 0.1) is 19.6 Å². The van der Waals surface area contributed by atoms with Gasteiger partial charge < -0.3 is 37.9 Å². The summed E-state index contributed by atoms with van der Waals surface area (Å²) in [5.74, 6) is 4.87. The lowest BCUT2D eigenvalue weighted by Crippen LogP contribution is -2.23. The lowest BCUT2D eigenvalue weighted by Gasteiger charge is -2.36. The molecule has 5 aliphatic rings. The van der Waals surface area contributed by atoms with Gasteiger partial charge in [-0.1, -0.05) is 153 Å². The van der Waals surface area contributed by atoms with Crippen LogP contribution in [0.5, 0.6) is 46.0 Å². The third-order valence-electron chi connectivity index (χ3n) is 18.3. The molecule has 0 saturated carbocycles. The highest BCUT2D eigenvalue weighted by atomic mass is 32.1. The van der Waals surface area contributed by atoms with Crippen molar-refractivity contribution >= 4 is 50.5 Å². The lowest BCUT2D eigenvalue weighted by molar-refractivity contribution is 0.0878. The minimum atomic E-state index is -0.151. The second-order valence-electron chi connectivity index (χ2n) is 24.0. The first kappa shape index (κ1) is 64.1. The summed E-state index contributed by atoms with van der Waals surface area (Å²) < 4.78 is 54.8.